The maximum Gasteiger partial charge on any atom is 0.225 e. The van der Waals surface area contributed by atoms with Crippen molar-refractivity contribution in [3.8, 4) is 0 Å². The average Bonchev–Trinajstić information content (AvgIpc) is 2.90. The SMILES string of the molecule is CCCC(CC1CCCC1)C(=O)N1CCCC(N)C1.Cl. The first-order valence-electron chi connectivity index (χ1n) is 8.25. The maximum absolute atomic E-state index is 12.7. The second-order valence-electron chi connectivity index (χ2n) is 6.56. The quantitative estimate of drug-likeness (QED) is 0.846. The molecule has 2 rings (SSSR count). The molecule has 1 saturated carbocycles. The highest BCUT2D eigenvalue weighted by atomic mass is 35.5. The summed E-state index contributed by atoms with van der Waals surface area (Å²) in [5.74, 6) is 1.46. The predicted octanol–water partition coefficient (Wildman–Crippen LogP) is 3.35. The van der Waals surface area contributed by atoms with E-state index in [1.165, 1.54) is 25.7 Å². The van der Waals surface area contributed by atoms with E-state index >= 15 is 0 Å². The Balaban J connectivity index is 0.00000200. The Bertz CT molecular complexity index is 292. The molecule has 1 saturated heterocycles. The van der Waals surface area contributed by atoms with E-state index in [0.717, 1.165) is 51.1 Å². The van der Waals surface area contributed by atoms with Crippen LogP contribution in [0.2, 0.25) is 0 Å². The number of amides is 1. The molecular formula is C16H31ClN2O. The lowest BCUT2D eigenvalue weighted by Gasteiger charge is -2.34. The van der Waals surface area contributed by atoms with Crippen LogP contribution in [0.1, 0.15) is 64.7 Å². The van der Waals surface area contributed by atoms with Gasteiger partial charge in [0.25, 0.3) is 0 Å². The van der Waals surface area contributed by atoms with Crippen LogP contribution in [0.15, 0.2) is 0 Å². The second kappa shape index (κ2) is 8.89. The number of nitrogens with two attached hydrogens (primary N) is 1. The van der Waals surface area contributed by atoms with Gasteiger partial charge < -0.3 is 10.6 Å². The number of carbonyl (C=O) groups excluding carboxylic acids is 1. The number of piperidine rings is 1. The minimum Gasteiger partial charge on any atom is -0.341 e. The molecule has 1 heterocycles. The van der Waals surface area contributed by atoms with Crippen molar-refractivity contribution in [2.45, 2.75) is 70.8 Å². The van der Waals surface area contributed by atoms with Gasteiger partial charge in [0, 0.05) is 25.0 Å². The van der Waals surface area contributed by atoms with Crippen LogP contribution in [-0.2, 0) is 4.79 Å². The van der Waals surface area contributed by atoms with E-state index in [4.69, 9.17) is 5.73 Å². The molecule has 1 amide bonds. The van der Waals surface area contributed by atoms with E-state index in [-0.39, 0.29) is 24.4 Å². The largest absolute Gasteiger partial charge is 0.341 e. The molecule has 1 aliphatic carbocycles. The van der Waals surface area contributed by atoms with Gasteiger partial charge in [-0.25, -0.2) is 0 Å². The Kier molecular flexibility index (Phi) is 7.90. The number of likely N-dealkylation sites (tertiary alicyclic amines) is 1. The van der Waals surface area contributed by atoms with E-state index in [2.05, 4.69) is 6.92 Å². The van der Waals surface area contributed by atoms with Gasteiger partial charge in [0.05, 0.1) is 0 Å². The Morgan fingerprint density at radius 1 is 1.25 bits per heavy atom. The molecule has 2 aliphatic rings. The van der Waals surface area contributed by atoms with Crippen LogP contribution in [0.25, 0.3) is 0 Å². The van der Waals surface area contributed by atoms with E-state index in [1.54, 1.807) is 0 Å². The molecule has 0 radical (unpaired) electrons. The molecule has 2 unspecified atom stereocenters. The molecule has 3 nitrogen and oxygen atoms in total. The molecular weight excluding hydrogens is 272 g/mol. The lowest BCUT2D eigenvalue weighted by Crippen LogP contribution is -2.48. The lowest BCUT2D eigenvalue weighted by atomic mass is 9.88. The minimum atomic E-state index is 0. The Morgan fingerprint density at radius 2 is 1.95 bits per heavy atom. The minimum absolute atomic E-state index is 0. The summed E-state index contributed by atoms with van der Waals surface area (Å²) >= 11 is 0. The van der Waals surface area contributed by atoms with Gasteiger partial charge in [-0.1, -0.05) is 39.0 Å². The topological polar surface area (TPSA) is 46.3 Å². The van der Waals surface area contributed by atoms with Crippen molar-refractivity contribution in [3.63, 3.8) is 0 Å². The van der Waals surface area contributed by atoms with Crippen molar-refractivity contribution in [3.05, 3.63) is 0 Å². The predicted molar refractivity (Wildman–Crippen MR) is 86.0 cm³/mol. The molecule has 4 heteroatoms. The molecule has 0 spiro atoms. The average molecular weight is 303 g/mol. The fraction of sp³-hybridized carbons (Fsp3) is 0.938. The molecule has 118 valence electrons. The summed E-state index contributed by atoms with van der Waals surface area (Å²) in [4.78, 5) is 14.7. The van der Waals surface area contributed by atoms with Gasteiger partial charge in [0.15, 0.2) is 0 Å². The first-order valence-corrected chi connectivity index (χ1v) is 8.25. The highest BCUT2D eigenvalue weighted by molar-refractivity contribution is 5.85. The Hall–Kier alpha value is -0.280. The zero-order valence-electron chi connectivity index (χ0n) is 12.9. The number of halogens is 1. The molecule has 2 atom stereocenters. The summed E-state index contributed by atoms with van der Waals surface area (Å²) < 4.78 is 0. The second-order valence-corrected chi connectivity index (χ2v) is 6.56. The van der Waals surface area contributed by atoms with Gasteiger partial charge in [-0.3, -0.25) is 4.79 Å². The molecule has 0 aromatic rings. The summed E-state index contributed by atoms with van der Waals surface area (Å²) in [5, 5.41) is 0. The van der Waals surface area contributed by atoms with Crippen molar-refractivity contribution in [2.75, 3.05) is 13.1 Å². The number of hydrogen-bond acceptors (Lipinski definition) is 2. The third-order valence-electron chi connectivity index (χ3n) is 4.85. The highest BCUT2D eigenvalue weighted by Gasteiger charge is 2.29. The van der Waals surface area contributed by atoms with Crippen LogP contribution in [0.5, 0.6) is 0 Å². The fourth-order valence-corrected chi connectivity index (χ4v) is 3.81. The first kappa shape index (κ1) is 17.8. The molecule has 0 aromatic carbocycles. The smallest absolute Gasteiger partial charge is 0.225 e. The number of rotatable bonds is 5. The van der Waals surface area contributed by atoms with E-state index in [0.29, 0.717) is 5.91 Å². The van der Waals surface area contributed by atoms with Crippen LogP contribution in [0.4, 0.5) is 0 Å². The van der Waals surface area contributed by atoms with Crippen LogP contribution in [-0.4, -0.2) is 29.9 Å². The number of carbonyl (C=O) groups is 1. The van der Waals surface area contributed by atoms with Crippen molar-refractivity contribution in [1.82, 2.24) is 4.90 Å². The van der Waals surface area contributed by atoms with Crippen molar-refractivity contribution >= 4 is 18.3 Å². The molecule has 1 aliphatic heterocycles. The Labute approximate surface area is 130 Å². The number of nitrogens with zero attached hydrogens (tertiary/aromatic N) is 1. The zero-order chi connectivity index (χ0) is 13.7. The summed E-state index contributed by atoms with van der Waals surface area (Å²) in [6.45, 7) is 3.90. The Morgan fingerprint density at radius 3 is 2.55 bits per heavy atom. The fourth-order valence-electron chi connectivity index (χ4n) is 3.81. The van der Waals surface area contributed by atoms with E-state index in [9.17, 15) is 4.79 Å². The van der Waals surface area contributed by atoms with Crippen molar-refractivity contribution in [2.24, 2.45) is 17.6 Å². The summed E-state index contributed by atoms with van der Waals surface area (Å²) in [7, 11) is 0. The van der Waals surface area contributed by atoms with Gasteiger partial charge in [-0.05, 0) is 31.6 Å². The molecule has 2 N–H and O–H groups in total. The number of hydrogen-bond donors (Lipinski definition) is 1. The van der Waals surface area contributed by atoms with Crippen molar-refractivity contribution in [1.29, 1.82) is 0 Å². The zero-order valence-corrected chi connectivity index (χ0v) is 13.7. The van der Waals surface area contributed by atoms with Gasteiger partial charge in [0.2, 0.25) is 5.91 Å². The molecule has 0 bridgehead atoms. The van der Waals surface area contributed by atoms with Gasteiger partial charge in [0.1, 0.15) is 0 Å². The van der Waals surface area contributed by atoms with E-state index < -0.39 is 0 Å². The monoisotopic (exact) mass is 302 g/mol. The van der Waals surface area contributed by atoms with Crippen LogP contribution >= 0.6 is 12.4 Å². The standard InChI is InChI=1S/C16H30N2O.ClH/c1-2-6-14(11-13-7-3-4-8-13)16(19)18-10-5-9-15(17)12-18;/h13-15H,2-12,17H2,1H3;1H. The van der Waals surface area contributed by atoms with Crippen LogP contribution in [0.3, 0.4) is 0 Å². The molecule has 2 fully saturated rings. The maximum atomic E-state index is 12.7. The highest BCUT2D eigenvalue weighted by Crippen LogP contribution is 2.32. The summed E-state index contributed by atoms with van der Waals surface area (Å²) in [6, 6.07) is 0.200. The summed E-state index contributed by atoms with van der Waals surface area (Å²) in [5.41, 5.74) is 6.01. The van der Waals surface area contributed by atoms with Gasteiger partial charge >= 0.3 is 0 Å². The van der Waals surface area contributed by atoms with Gasteiger partial charge in [-0.2, -0.15) is 0 Å². The first-order chi connectivity index (χ1) is 9.20. The lowest BCUT2D eigenvalue weighted by molar-refractivity contribution is -0.137. The molecule has 20 heavy (non-hydrogen) atoms. The normalized spacial score (nSPS) is 25.3. The molecule has 0 aromatic heterocycles. The van der Waals surface area contributed by atoms with Crippen molar-refractivity contribution < 1.29 is 4.79 Å². The van der Waals surface area contributed by atoms with Crippen LogP contribution in [0, 0.1) is 11.8 Å². The third-order valence-corrected chi connectivity index (χ3v) is 4.85. The summed E-state index contributed by atoms with van der Waals surface area (Å²) in [6.07, 6.45) is 10.9. The van der Waals surface area contributed by atoms with Gasteiger partial charge in [-0.15, -0.1) is 12.4 Å². The third kappa shape index (κ3) is 4.92. The van der Waals surface area contributed by atoms with Crippen LogP contribution < -0.4 is 5.73 Å². The van der Waals surface area contributed by atoms with E-state index in [1.807, 2.05) is 4.90 Å².